The number of hydrogen-bond acceptors (Lipinski definition) is 5. The third-order valence-corrected chi connectivity index (χ3v) is 4.19. The van der Waals surface area contributed by atoms with E-state index in [1.165, 1.54) is 19.4 Å². The largest absolute Gasteiger partial charge is 0.383 e. The van der Waals surface area contributed by atoms with Crippen LogP contribution in [0.5, 0.6) is 0 Å². The highest BCUT2D eigenvalue weighted by molar-refractivity contribution is 5.51. The van der Waals surface area contributed by atoms with Gasteiger partial charge in [0.05, 0.1) is 24.2 Å². The molecule has 0 bridgehead atoms. The molecule has 1 saturated heterocycles. The van der Waals surface area contributed by atoms with Crippen LogP contribution >= 0.6 is 0 Å². The summed E-state index contributed by atoms with van der Waals surface area (Å²) in [5.41, 5.74) is 2.82. The van der Waals surface area contributed by atoms with Gasteiger partial charge in [-0.05, 0) is 37.8 Å². The molecule has 1 aliphatic rings. The van der Waals surface area contributed by atoms with Crippen LogP contribution in [-0.2, 0) is 11.2 Å². The lowest BCUT2D eigenvalue weighted by Gasteiger charge is -2.32. The average Bonchev–Trinajstić information content (AvgIpc) is 3.08. The predicted octanol–water partition coefficient (Wildman–Crippen LogP) is 1.77. The average molecular weight is 301 g/mol. The highest BCUT2D eigenvalue weighted by Gasteiger charge is 2.20. The molecular formula is C16H23N5O. The van der Waals surface area contributed by atoms with Crippen LogP contribution in [0.3, 0.4) is 0 Å². The van der Waals surface area contributed by atoms with Crippen LogP contribution in [0.4, 0.5) is 0 Å². The molecule has 6 heteroatoms. The highest BCUT2D eigenvalue weighted by Crippen LogP contribution is 2.20. The van der Waals surface area contributed by atoms with Crippen LogP contribution < -0.4 is 0 Å². The fourth-order valence-corrected chi connectivity index (χ4v) is 3.03. The first-order valence-electron chi connectivity index (χ1n) is 7.87. The van der Waals surface area contributed by atoms with Gasteiger partial charge in [-0.3, -0.25) is 15.1 Å². The Hall–Kier alpha value is -1.79. The van der Waals surface area contributed by atoms with Gasteiger partial charge in [0.15, 0.2) is 0 Å². The van der Waals surface area contributed by atoms with Crippen molar-refractivity contribution in [3.05, 3.63) is 30.4 Å². The van der Waals surface area contributed by atoms with Crippen molar-refractivity contribution < 1.29 is 4.74 Å². The molecule has 1 fully saturated rings. The Balaban J connectivity index is 1.56. The number of aromatic nitrogens is 4. The quantitative estimate of drug-likeness (QED) is 0.881. The topological polar surface area (TPSA) is 66.9 Å². The van der Waals surface area contributed by atoms with Gasteiger partial charge in [-0.15, -0.1) is 0 Å². The molecule has 0 aromatic carbocycles. The highest BCUT2D eigenvalue weighted by atomic mass is 16.5. The number of nitrogens with zero attached hydrogens (tertiary/aromatic N) is 4. The van der Waals surface area contributed by atoms with E-state index in [-0.39, 0.29) is 0 Å². The Kier molecular flexibility index (Phi) is 5.13. The van der Waals surface area contributed by atoms with Crippen LogP contribution in [-0.4, -0.2) is 58.4 Å². The van der Waals surface area contributed by atoms with E-state index in [1.807, 2.05) is 18.5 Å². The summed E-state index contributed by atoms with van der Waals surface area (Å²) >= 11 is 0. The van der Waals surface area contributed by atoms with Crippen LogP contribution in [0.15, 0.2) is 24.7 Å². The molecule has 0 unspecified atom stereocenters. The summed E-state index contributed by atoms with van der Waals surface area (Å²) < 4.78 is 5.17. The molecule has 118 valence electrons. The summed E-state index contributed by atoms with van der Waals surface area (Å²) in [4.78, 5) is 11.5. The minimum absolute atomic E-state index is 0.665. The van der Waals surface area contributed by atoms with E-state index in [1.54, 1.807) is 13.3 Å². The number of nitrogens with one attached hydrogen (secondary N) is 1. The molecule has 0 spiro atoms. The van der Waals surface area contributed by atoms with E-state index >= 15 is 0 Å². The van der Waals surface area contributed by atoms with E-state index in [2.05, 4.69) is 25.1 Å². The van der Waals surface area contributed by atoms with Crippen LogP contribution in [0.25, 0.3) is 11.4 Å². The first kappa shape index (κ1) is 15.1. The third-order valence-electron chi connectivity index (χ3n) is 4.19. The van der Waals surface area contributed by atoms with Crippen molar-refractivity contribution >= 4 is 0 Å². The number of likely N-dealkylation sites (tertiary alicyclic amines) is 1. The smallest absolute Gasteiger partial charge is 0.106 e. The monoisotopic (exact) mass is 301 g/mol. The zero-order valence-electron chi connectivity index (χ0n) is 13.0. The molecule has 3 rings (SSSR count). The van der Waals surface area contributed by atoms with Gasteiger partial charge < -0.3 is 9.64 Å². The van der Waals surface area contributed by atoms with Gasteiger partial charge in [0.25, 0.3) is 0 Å². The normalized spacial score (nSPS) is 19.4. The Morgan fingerprint density at radius 3 is 3.05 bits per heavy atom. The second kappa shape index (κ2) is 7.47. The molecule has 22 heavy (non-hydrogen) atoms. The van der Waals surface area contributed by atoms with Crippen molar-refractivity contribution in [2.75, 3.05) is 33.4 Å². The molecule has 3 heterocycles. The standard InChI is InChI=1S/C16H23N5O/c1-22-8-7-21-6-2-3-13(12-21)9-14-10-18-16(11-17-14)15-4-5-19-20-15/h4-5,10-11,13H,2-3,6-9,12H2,1H3,(H,19,20)/t13-/m1/s1. The molecule has 1 N–H and O–H groups in total. The Labute approximate surface area is 130 Å². The number of hydrogen-bond donors (Lipinski definition) is 1. The minimum Gasteiger partial charge on any atom is -0.383 e. The maximum Gasteiger partial charge on any atom is 0.106 e. The second-order valence-corrected chi connectivity index (χ2v) is 5.87. The number of rotatable bonds is 6. The summed E-state index contributed by atoms with van der Waals surface area (Å²) in [6, 6.07) is 1.90. The van der Waals surface area contributed by atoms with Crippen LogP contribution in [0, 0.1) is 5.92 Å². The lowest BCUT2D eigenvalue weighted by atomic mass is 9.93. The first-order valence-corrected chi connectivity index (χ1v) is 7.87. The van der Waals surface area contributed by atoms with Crippen molar-refractivity contribution in [2.45, 2.75) is 19.3 Å². The summed E-state index contributed by atoms with van der Waals surface area (Å²) in [5.74, 6) is 0.665. The summed E-state index contributed by atoms with van der Waals surface area (Å²) in [7, 11) is 1.76. The fourth-order valence-electron chi connectivity index (χ4n) is 3.03. The van der Waals surface area contributed by atoms with Gasteiger partial charge >= 0.3 is 0 Å². The number of methoxy groups -OCH3 is 1. The Morgan fingerprint density at radius 1 is 1.36 bits per heavy atom. The molecule has 0 amide bonds. The number of aromatic amines is 1. The van der Waals surface area contributed by atoms with Gasteiger partial charge in [-0.1, -0.05) is 0 Å². The first-order chi connectivity index (χ1) is 10.8. The molecule has 2 aromatic rings. The molecule has 0 radical (unpaired) electrons. The molecule has 2 aromatic heterocycles. The van der Waals surface area contributed by atoms with Crippen molar-refractivity contribution in [1.29, 1.82) is 0 Å². The number of piperidine rings is 1. The van der Waals surface area contributed by atoms with Gasteiger partial charge in [0.1, 0.15) is 5.69 Å². The van der Waals surface area contributed by atoms with E-state index in [0.717, 1.165) is 43.2 Å². The van der Waals surface area contributed by atoms with Gasteiger partial charge in [0, 0.05) is 32.6 Å². The van der Waals surface area contributed by atoms with E-state index in [4.69, 9.17) is 4.74 Å². The molecule has 1 aliphatic heterocycles. The fraction of sp³-hybridized carbons (Fsp3) is 0.562. The predicted molar refractivity (Wildman–Crippen MR) is 84.4 cm³/mol. The van der Waals surface area contributed by atoms with Crippen molar-refractivity contribution in [3.63, 3.8) is 0 Å². The Morgan fingerprint density at radius 2 is 2.32 bits per heavy atom. The van der Waals surface area contributed by atoms with Crippen molar-refractivity contribution in [1.82, 2.24) is 25.1 Å². The van der Waals surface area contributed by atoms with Gasteiger partial charge in [0.2, 0.25) is 0 Å². The molecule has 0 aliphatic carbocycles. The molecular weight excluding hydrogens is 278 g/mol. The van der Waals surface area contributed by atoms with Crippen molar-refractivity contribution in [2.24, 2.45) is 5.92 Å². The zero-order valence-corrected chi connectivity index (χ0v) is 13.0. The van der Waals surface area contributed by atoms with E-state index in [0.29, 0.717) is 5.92 Å². The molecule has 6 nitrogen and oxygen atoms in total. The molecule has 0 saturated carbocycles. The van der Waals surface area contributed by atoms with Gasteiger partial charge in [-0.25, -0.2) is 0 Å². The number of ether oxygens (including phenoxy) is 1. The number of H-pyrrole nitrogens is 1. The third kappa shape index (κ3) is 3.90. The summed E-state index contributed by atoms with van der Waals surface area (Å²) in [5, 5.41) is 6.85. The maximum absolute atomic E-state index is 5.17. The lowest BCUT2D eigenvalue weighted by Crippen LogP contribution is -2.38. The molecule has 1 atom stereocenters. The lowest BCUT2D eigenvalue weighted by molar-refractivity contribution is 0.114. The summed E-state index contributed by atoms with van der Waals surface area (Å²) in [6.45, 7) is 4.15. The SMILES string of the molecule is COCCN1CCC[C@H](Cc2cnc(-c3ccn[nH]3)cn2)C1. The Bertz CT molecular complexity index is 554. The minimum atomic E-state index is 0.665. The van der Waals surface area contributed by atoms with Gasteiger partial charge in [-0.2, -0.15) is 5.10 Å². The zero-order chi connectivity index (χ0) is 15.2. The van der Waals surface area contributed by atoms with E-state index in [9.17, 15) is 0 Å². The van der Waals surface area contributed by atoms with Crippen molar-refractivity contribution in [3.8, 4) is 11.4 Å². The van der Waals surface area contributed by atoms with E-state index < -0.39 is 0 Å². The summed E-state index contributed by atoms with van der Waals surface area (Å²) in [6.07, 6.45) is 8.97. The van der Waals surface area contributed by atoms with Crippen LogP contribution in [0.2, 0.25) is 0 Å². The maximum atomic E-state index is 5.17. The van der Waals surface area contributed by atoms with Crippen LogP contribution in [0.1, 0.15) is 18.5 Å². The second-order valence-electron chi connectivity index (χ2n) is 5.87.